The minimum absolute atomic E-state index is 0.0644. The van der Waals surface area contributed by atoms with E-state index in [1.807, 2.05) is 12.1 Å². The minimum Gasteiger partial charge on any atom is -0.505 e. The van der Waals surface area contributed by atoms with Gasteiger partial charge in [-0.3, -0.25) is 15.1 Å². The fourth-order valence-corrected chi connectivity index (χ4v) is 2.88. The lowest BCUT2D eigenvalue weighted by Crippen LogP contribution is -2.14. The number of ether oxygens (including phenoxy) is 2. The number of pyridine rings is 1. The van der Waals surface area contributed by atoms with Crippen LogP contribution in [-0.2, 0) is 13.1 Å². The van der Waals surface area contributed by atoms with Crippen molar-refractivity contribution in [3.8, 4) is 17.2 Å². The van der Waals surface area contributed by atoms with Gasteiger partial charge in [-0.15, -0.1) is 0 Å². The van der Waals surface area contributed by atoms with Gasteiger partial charge < -0.3 is 19.9 Å². The van der Waals surface area contributed by atoms with Gasteiger partial charge in [0.25, 0.3) is 5.69 Å². The molecule has 0 atom stereocenters. The number of rotatable bonds is 7. The average molecular weight is 369 g/mol. The molecule has 8 heteroatoms. The third-order valence-corrected chi connectivity index (χ3v) is 4.24. The number of nitro benzene ring substituents is 1. The van der Waals surface area contributed by atoms with Crippen LogP contribution in [0, 0.1) is 10.1 Å². The number of aromatic nitrogens is 1. The number of hydrogen-bond acceptors (Lipinski definition) is 7. The standard InChI is InChI=1S/C19H19N3O5/c1-26-14-6-5-12(17(9-14)27-2)10-20-11-13-8-16(22(24)25)15-4-3-7-21-18(15)19(13)23/h3-9,20,23H,10-11H2,1-2H3. The molecule has 0 aliphatic heterocycles. The van der Waals surface area contributed by atoms with Gasteiger partial charge in [-0.1, -0.05) is 6.07 Å². The van der Waals surface area contributed by atoms with E-state index in [0.29, 0.717) is 29.0 Å². The lowest BCUT2D eigenvalue weighted by atomic mass is 10.1. The van der Waals surface area contributed by atoms with Crippen molar-refractivity contribution in [1.82, 2.24) is 10.3 Å². The van der Waals surface area contributed by atoms with E-state index in [4.69, 9.17) is 9.47 Å². The van der Waals surface area contributed by atoms with Gasteiger partial charge in [-0.2, -0.15) is 0 Å². The number of hydrogen-bond donors (Lipinski definition) is 2. The summed E-state index contributed by atoms with van der Waals surface area (Å²) in [6, 6.07) is 10.0. The van der Waals surface area contributed by atoms with Crippen LogP contribution in [0.3, 0.4) is 0 Å². The maximum Gasteiger partial charge on any atom is 0.279 e. The molecule has 140 valence electrons. The van der Waals surface area contributed by atoms with Crippen LogP contribution in [0.4, 0.5) is 5.69 Å². The van der Waals surface area contributed by atoms with E-state index in [-0.39, 0.29) is 23.5 Å². The fraction of sp³-hybridized carbons (Fsp3) is 0.211. The second kappa shape index (κ2) is 7.88. The lowest BCUT2D eigenvalue weighted by molar-refractivity contribution is -0.383. The molecule has 27 heavy (non-hydrogen) atoms. The molecule has 8 nitrogen and oxygen atoms in total. The Morgan fingerprint density at radius 1 is 1.15 bits per heavy atom. The zero-order valence-electron chi connectivity index (χ0n) is 14.9. The van der Waals surface area contributed by atoms with E-state index >= 15 is 0 Å². The van der Waals surface area contributed by atoms with Crippen molar-refractivity contribution >= 4 is 16.6 Å². The van der Waals surface area contributed by atoms with Gasteiger partial charge in [0.2, 0.25) is 0 Å². The number of fused-ring (bicyclic) bond motifs is 1. The van der Waals surface area contributed by atoms with Crippen LogP contribution in [0.2, 0.25) is 0 Å². The first kappa shape index (κ1) is 18.4. The van der Waals surface area contributed by atoms with Crippen LogP contribution in [0.15, 0.2) is 42.6 Å². The molecule has 1 heterocycles. The van der Waals surface area contributed by atoms with Crippen molar-refractivity contribution in [2.24, 2.45) is 0 Å². The monoisotopic (exact) mass is 369 g/mol. The number of aromatic hydroxyl groups is 1. The average Bonchev–Trinajstić information content (AvgIpc) is 2.69. The summed E-state index contributed by atoms with van der Waals surface area (Å²) in [5.41, 5.74) is 1.42. The number of methoxy groups -OCH3 is 2. The van der Waals surface area contributed by atoms with Gasteiger partial charge >= 0.3 is 0 Å². The number of phenolic OH excluding ortho intramolecular Hbond substituents is 1. The number of nitrogens with one attached hydrogen (secondary N) is 1. The van der Waals surface area contributed by atoms with E-state index < -0.39 is 4.92 Å². The predicted octanol–water partition coefficient (Wildman–Crippen LogP) is 3.16. The van der Waals surface area contributed by atoms with Gasteiger partial charge in [0.05, 0.1) is 24.5 Å². The third-order valence-electron chi connectivity index (χ3n) is 4.24. The van der Waals surface area contributed by atoms with Gasteiger partial charge in [-0.05, 0) is 18.2 Å². The number of phenols is 1. The molecule has 2 N–H and O–H groups in total. The second-order valence-electron chi connectivity index (χ2n) is 5.84. The first-order valence-electron chi connectivity index (χ1n) is 8.20. The van der Waals surface area contributed by atoms with Crippen molar-refractivity contribution in [1.29, 1.82) is 0 Å². The van der Waals surface area contributed by atoms with Crippen LogP contribution >= 0.6 is 0 Å². The normalized spacial score (nSPS) is 10.7. The highest BCUT2D eigenvalue weighted by molar-refractivity contribution is 5.93. The number of nitrogens with zero attached hydrogens (tertiary/aromatic N) is 2. The summed E-state index contributed by atoms with van der Waals surface area (Å²) in [7, 11) is 3.15. The predicted molar refractivity (Wildman–Crippen MR) is 100 cm³/mol. The summed E-state index contributed by atoms with van der Waals surface area (Å²) in [6.07, 6.45) is 1.49. The van der Waals surface area contributed by atoms with Crippen molar-refractivity contribution in [3.05, 3.63) is 63.8 Å². The van der Waals surface area contributed by atoms with Gasteiger partial charge in [-0.25, -0.2) is 0 Å². The van der Waals surface area contributed by atoms with Gasteiger partial charge in [0.1, 0.15) is 22.8 Å². The Kier molecular flexibility index (Phi) is 5.37. The van der Waals surface area contributed by atoms with E-state index in [0.717, 1.165) is 5.56 Å². The van der Waals surface area contributed by atoms with Crippen LogP contribution in [0.25, 0.3) is 10.9 Å². The Bertz CT molecular complexity index is 990. The Morgan fingerprint density at radius 3 is 2.63 bits per heavy atom. The second-order valence-corrected chi connectivity index (χ2v) is 5.84. The molecule has 0 bridgehead atoms. The first-order valence-corrected chi connectivity index (χ1v) is 8.20. The molecule has 0 amide bonds. The number of benzene rings is 2. The molecule has 2 aromatic carbocycles. The van der Waals surface area contributed by atoms with Crippen LogP contribution in [-0.4, -0.2) is 29.2 Å². The Morgan fingerprint density at radius 2 is 1.93 bits per heavy atom. The molecule has 0 unspecified atom stereocenters. The van der Waals surface area contributed by atoms with E-state index in [2.05, 4.69) is 10.3 Å². The summed E-state index contributed by atoms with van der Waals surface area (Å²) in [4.78, 5) is 15.0. The van der Waals surface area contributed by atoms with E-state index in [9.17, 15) is 15.2 Å². The first-order chi connectivity index (χ1) is 13.0. The van der Waals surface area contributed by atoms with E-state index in [1.54, 1.807) is 32.4 Å². The molecule has 3 rings (SSSR count). The molecular weight excluding hydrogens is 350 g/mol. The SMILES string of the molecule is COc1ccc(CNCc2cc([N+](=O)[O-])c3cccnc3c2O)c(OC)c1. The number of non-ortho nitro benzene ring substituents is 1. The van der Waals surface area contributed by atoms with Crippen LogP contribution in [0.5, 0.6) is 17.2 Å². The van der Waals surface area contributed by atoms with Crippen molar-refractivity contribution in [2.45, 2.75) is 13.1 Å². The number of nitro groups is 1. The zero-order chi connectivity index (χ0) is 19.4. The summed E-state index contributed by atoms with van der Waals surface area (Å²) in [6.45, 7) is 0.676. The summed E-state index contributed by atoms with van der Waals surface area (Å²) in [5.74, 6) is 1.28. The molecule has 3 aromatic rings. The summed E-state index contributed by atoms with van der Waals surface area (Å²) in [5, 5.41) is 25.3. The largest absolute Gasteiger partial charge is 0.505 e. The van der Waals surface area contributed by atoms with Gasteiger partial charge in [0, 0.05) is 42.5 Å². The highest BCUT2D eigenvalue weighted by Gasteiger charge is 2.19. The van der Waals surface area contributed by atoms with Crippen LogP contribution in [0.1, 0.15) is 11.1 Å². The summed E-state index contributed by atoms with van der Waals surface area (Å²) < 4.78 is 10.5. The highest BCUT2D eigenvalue weighted by atomic mass is 16.6. The molecule has 0 fully saturated rings. The van der Waals surface area contributed by atoms with Gasteiger partial charge in [0.15, 0.2) is 0 Å². The third kappa shape index (κ3) is 3.75. The van der Waals surface area contributed by atoms with Crippen molar-refractivity contribution in [2.75, 3.05) is 14.2 Å². The quantitative estimate of drug-likeness (QED) is 0.486. The van der Waals surface area contributed by atoms with E-state index in [1.165, 1.54) is 12.3 Å². The molecule has 1 aromatic heterocycles. The zero-order valence-corrected chi connectivity index (χ0v) is 14.9. The van der Waals surface area contributed by atoms with Crippen molar-refractivity contribution in [3.63, 3.8) is 0 Å². The summed E-state index contributed by atoms with van der Waals surface area (Å²) >= 11 is 0. The maximum atomic E-state index is 11.4. The molecule has 0 saturated carbocycles. The Labute approximate surface area is 155 Å². The van der Waals surface area contributed by atoms with Crippen LogP contribution < -0.4 is 14.8 Å². The maximum absolute atomic E-state index is 11.4. The molecular formula is C19H19N3O5. The smallest absolute Gasteiger partial charge is 0.279 e. The fourth-order valence-electron chi connectivity index (χ4n) is 2.88. The molecule has 0 aliphatic rings. The molecule has 0 saturated heterocycles. The van der Waals surface area contributed by atoms with Crippen molar-refractivity contribution < 1.29 is 19.5 Å². The topological polar surface area (TPSA) is 107 Å². The molecule has 0 spiro atoms. The Balaban J connectivity index is 1.84. The highest BCUT2D eigenvalue weighted by Crippen LogP contribution is 2.34. The lowest BCUT2D eigenvalue weighted by Gasteiger charge is -2.12. The molecule has 0 aliphatic carbocycles. The Hall–Kier alpha value is -3.39. The molecule has 0 radical (unpaired) electrons. The minimum atomic E-state index is -0.473.